The van der Waals surface area contributed by atoms with E-state index in [9.17, 15) is 14.7 Å². The summed E-state index contributed by atoms with van der Waals surface area (Å²) in [6.45, 7) is 8.13. The standard InChI is InChI=1S/C12H24N2O4/c1-11(2,3)18-10(16)13-9(15)8(14(6)7)12(4,5)17/h8,17H,1-7H3,(H,13,15,16)/t8-/m1/s1. The highest BCUT2D eigenvalue weighted by Gasteiger charge is 2.36. The van der Waals surface area contributed by atoms with Gasteiger partial charge in [-0.2, -0.15) is 0 Å². The number of likely N-dealkylation sites (N-methyl/N-ethyl adjacent to an activating group) is 1. The number of hydrogen-bond donors (Lipinski definition) is 2. The van der Waals surface area contributed by atoms with Gasteiger partial charge in [0.1, 0.15) is 11.6 Å². The number of ether oxygens (including phenoxy) is 1. The Kier molecular flexibility index (Phi) is 5.31. The van der Waals surface area contributed by atoms with E-state index in [1.54, 1.807) is 39.8 Å². The molecule has 0 radical (unpaired) electrons. The van der Waals surface area contributed by atoms with Crippen LogP contribution in [-0.2, 0) is 9.53 Å². The maximum absolute atomic E-state index is 11.9. The molecule has 0 aromatic carbocycles. The molecule has 6 nitrogen and oxygen atoms in total. The van der Waals surface area contributed by atoms with Gasteiger partial charge in [-0.1, -0.05) is 0 Å². The van der Waals surface area contributed by atoms with Gasteiger partial charge in [0.05, 0.1) is 5.60 Å². The Balaban J connectivity index is 4.69. The molecule has 0 saturated carbocycles. The second-order valence-electron chi connectivity index (χ2n) is 6.01. The van der Waals surface area contributed by atoms with Crippen molar-refractivity contribution in [2.45, 2.75) is 51.9 Å². The van der Waals surface area contributed by atoms with Crippen LogP contribution < -0.4 is 5.32 Å². The highest BCUT2D eigenvalue weighted by Crippen LogP contribution is 2.14. The summed E-state index contributed by atoms with van der Waals surface area (Å²) in [4.78, 5) is 24.9. The molecule has 0 aliphatic rings. The smallest absolute Gasteiger partial charge is 0.414 e. The van der Waals surface area contributed by atoms with Crippen LogP contribution in [0.1, 0.15) is 34.6 Å². The molecule has 0 aliphatic carbocycles. The Morgan fingerprint density at radius 2 is 1.61 bits per heavy atom. The Morgan fingerprint density at radius 1 is 1.17 bits per heavy atom. The third-order valence-corrected chi connectivity index (χ3v) is 2.06. The predicted molar refractivity (Wildman–Crippen MR) is 68.1 cm³/mol. The van der Waals surface area contributed by atoms with E-state index in [0.717, 1.165) is 0 Å². The SMILES string of the molecule is CN(C)[C@H](C(=O)NC(=O)OC(C)(C)C)C(C)(C)O. The van der Waals surface area contributed by atoms with E-state index >= 15 is 0 Å². The lowest BCUT2D eigenvalue weighted by molar-refractivity contribution is -0.133. The lowest BCUT2D eigenvalue weighted by Gasteiger charge is -2.33. The van der Waals surface area contributed by atoms with Crippen LogP contribution in [0.5, 0.6) is 0 Å². The molecular weight excluding hydrogens is 236 g/mol. The summed E-state index contributed by atoms with van der Waals surface area (Å²) in [5.74, 6) is -0.596. The van der Waals surface area contributed by atoms with Gasteiger partial charge in [-0.05, 0) is 48.7 Å². The van der Waals surface area contributed by atoms with Gasteiger partial charge >= 0.3 is 6.09 Å². The Labute approximate surface area is 108 Å². The summed E-state index contributed by atoms with van der Waals surface area (Å²) in [7, 11) is 3.30. The molecule has 6 heteroatoms. The Bertz CT molecular complexity index is 313. The van der Waals surface area contributed by atoms with Crippen molar-refractivity contribution in [2.24, 2.45) is 0 Å². The highest BCUT2D eigenvalue weighted by atomic mass is 16.6. The van der Waals surface area contributed by atoms with Gasteiger partial charge in [0.15, 0.2) is 0 Å². The number of imide groups is 1. The minimum atomic E-state index is -1.27. The molecule has 0 unspecified atom stereocenters. The van der Waals surface area contributed by atoms with Gasteiger partial charge in [0.25, 0.3) is 0 Å². The van der Waals surface area contributed by atoms with Gasteiger partial charge in [0.2, 0.25) is 5.91 Å². The lowest BCUT2D eigenvalue weighted by Crippen LogP contribution is -2.56. The minimum Gasteiger partial charge on any atom is -0.444 e. The number of carbonyl (C=O) groups excluding carboxylic acids is 2. The molecule has 0 heterocycles. The first-order valence-electron chi connectivity index (χ1n) is 5.77. The van der Waals surface area contributed by atoms with Crippen molar-refractivity contribution in [3.8, 4) is 0 Å². The summed E-state index contributed by atoms with van der Waals surface area (Å²) in [6.07, 6.45) is -0.816. The van der Waals surface area contributed by atoms with Crippen molar-refractivity contribution in [1.82, 2.24) is 10.2 Å². The molecule has 106 valence electrons. The van der Waals surface area contributed by atoms with E-state index in [0.29, 0.717) is 0 Å². The number of nitrogens with zero attached hydrogens (tertiary/aromatic N) is 1. The largest absolute Gasteiger partial charge is 0.444 e. The summed E-state index contributed by atoms with van der Waals surface area (Å²) < 4.78 is 4.98. The fourth-order valence-corrected chi connectivity index (χ4v) is 1.66. The van der Waals surface area contributed by atoms with Gasteiger partial charge < -0.3 is 9.84 Å². The number of alkyl carbamates (subject to hydrolysis) is 1. The zero-order valence-electron chi connectivity index (χ0n) is 12.2. The summed E-state index contributed by atoms with van der Waals surface area (Å²) in [5.41, 5.74) is -1.94. The molecule has 0 aromatic heterocycles. The maximum Gasteiger partial charge on any atom is 0.414 e. The van der Waals surface area contributed by atoms with E-state index < -0.39 is 29.2 Å². The monoisotopic (exact) mass is 260 g/mol. The highest BCUT2D eigenvalue weighted by molar-refractivity contribution is 5.95. The summed E-state index contributed by atoms with van der Waals surface area (Å²) in [5, 5.41) is 12.0. The summed E-state index contributed by atoms with van der Waals surface area (Å²) >= 11 is 0. The third-order valence-electron chi connectivity index (χ3n) is 2.06. The van der Waals surface area contributed by atoms with E-state index in [4.69, 9.17) is 4.74 Å². The molecule has 0 aromatic rings. The van der Waals surface area contributed by atoms with Crippen molar-refractivity contribution in [3.63, 3.8) is 0 Å². The van der Waals surface area contributed by atoms with Crippen molar-refractivity contribution in [2.75, 3.05) is 14.1 Å². The van der Waals surface area contributed by atoms with Crippen molar-refractivity contribution >= 4 is 12.0 Å². The summed E-state index contributed by atoms with van der Waals surface area (Å²) in [6, 6.07) is -0.843. The quantitative estimate of drug-likeness (QED) is 0.782. The molecular formula is C12H24N2O4. The lowest BCUT2D eigenvalue weighted by atomic mass is 9.97. The molecule has 2 N–H and O–H groups in total. The van der Waals surface area contributed by atoms with Crippen LogP contribution in [0.15, 0.2) is 0 Å². The first kappa shape index (κ1) is 16.9. The van der Waals surface area contributed by atoms with Gasteiger partial charge in [-0.25, -0.2) is 4.79 Å². The van der Waals surface area contributed by atoms with Gasteiger partial charge in [0, 0.05) is 0 Å². The van der Waals surface area contributed by atoms with E-state index in [-0.39, 0.29) is 0 Å². The van der Waals surface area contributed by atoms with Gasteiger partial charge in [-0.15, -0.1) is 0 Å². The molecule has 0 aliphatic heterocycles. The van der Waals surface area contributed by atoms with Crippen molar-refractivity contribution < 1.29 is 19.4 Å². The minimum absolute atomic E-state index is 0.596. The van der Waals surface area contributed by atoms with Crippen LogP contribution in [0.2, 0.25) is 0 Å². The Hall–Kier alpha value is -1.14. The number of rotatable bonds is 3. The number of amides is 2. The fraction of sp³-hybridized carbons (Fsp3) is 0.833. The maximum atomic E-state index is 11.9. The first-order valence-corrected chi connectivity index (χ1v) is 5.77. The van der Waals surface area contributed by atoms with Crippen molar-refractivity contribution in [1.29, 1.82) is 0 Å². The van der Waals surface area contributed by atoms with Crippen LogP contribution in [0, 0.1) is 0 Å². The van der Waals surface area contributed by atoms with E-state index in [1.165, 1.54) is 13.8 Å². The molecule has 0 saturated heterocycles. The predicted octanol–water partition coefficient (Wildman–Crippen LogP) is 0.739. The molecule has 2 amide bonds. The van der Waals surface area contributed by atoms with Gasteiger partial charge in [-0.3, -0.25) is 15.0 Å². The molecule has 1 atom stereocenters. The number of aliphatic hydroxyl groups is 1. The third kappa shape index (κ3) is 5.97. The van der Waals surface area contributed by atoms with E-state index in [2.05, 4.69) is 5.32 Å². The van der Waals surface area contributed by atoms with Crippen LogP contribution in [0.4, 0.5) is 4.79 Å². The topological polar surface area (TPSA) is 78.9 Å². The second-order valence-corrected chi connectivity index (χ2v) is 6.01. The van der Waals surface area contributed by atoms with Crippen LogP contribution in [-0.4, -0.2) is 53.3 Å². The average Bonchev–Trinajstić information content (AvgIpc) is 1.93. The molecule has 0 spiro atoms. The van der Waals surface area contributed by atoms with Crippen LogP contribution in [0.25, 0.3) is 0 Å². The van der Waals surface area contributed by atoms with E-state index in [1.807, 2.05) is 0 Å². The molecule has 0 fully saturated rings. The zero-order chi connectivity index (χ0) is 14.7. The molecule has 0 bridgehead atoms. The average molecular weight is 260 g/mol. The molecule has 0 rings (SSSR count). The normalized spacial score (nSPS) is 14.3. The van der Waals surface area contributed by atoms with Crippen molar-refractivity contribution in [3.05, 3.63) is 0 Å². The van der Waals surface area contributed by atoms with Crippen LogP contribution >= 0.6 is 0 Å². The Morgan fingerprint density at radius 3 is 1.89 bits per heavy atom. The first-order chi connectivity index (χ1) is 7.84. The number of nitrogens with one attached hydrogen (secondary N) is 1. The number of hydrogen-bond acceptors (Lipinski definition) is 5. The molecule has 18 heavy (non-hydrogen) atoms. The van der Waals surface area contributed by atoms with Crippen LogP contribution in [0.3, 0.4) is 0 Å². The second kappa shape index (κ2) is 5.67. The fourth-order valence-electron chi connectivity index (χ4n) is 1.66. The zero-order valence-corrected chi connectivity index (χ0v) is 12.2. The number of carbonyl (C=O) groups is 2.